The average Bonchev–Trinajstić information content (AvgIpc) is 2.41. The van der Waals surface area contributed by atoms with E-state index >= 15 is 0 Å². The molecular weight excluding hydrogens is 234 g/mol. The van der Waals surface area contributed by atoms with Crippen LogP contribution in [0.1, 0.15) is 50.3 Å². The summed E-state index contributed by atoms with van der Waals surface area (Å²) >= 11 is 0. The van der Waals surface area contributed by atoms with Crippen LogP contribution in [0.15, 0.2) is 24.3 Å². The zero-order valence-electron chi connectivity index (χ0n) is 12.5. The van der Waals surface area contributed by atoms with Crippen molar-refractivity contribution < 1.29 is 5.11 Å². The molecule has 0 amide bonds. The van der Waals surface area contributed by atoms with E-state index in [1.165, 1.54) is 24.8 Å². The van der Waals surface area contributed by atoms with Gasteiger partial charge in [0.2, 0.25) is 0 Å². The Hall–Kier alpha value is -0.860. The zero-order chi connectivity index (χ0) is 13.8. The molecule has 0 spiro atoms. The van der Waals surface area contributed by atoms with Crippen molar-refractivity contribution in [3.63, 3.8) is 0 Å². The third-order valence-corrected chi connectivity index (χ3v) is 4.65. The molecular formula is C17H27NO. The van der Waals surface area contributed by atoms with Gasteiger partial charge in [0.15, 0.2) is 0 Å². The van der Waals surface area contributed by atoms with Gasteiger partial charge >= 0.3 is 0 Å². The summed E-state index contributed by atoms with van der Waals surface area (Å²) in [5.74, 6) is 0.849. The van der Waals surface area contributed by atoms with E-state index in [0.29, 0.717) is 0 Å². The highest BCUT2D eigenvalue weighted by Gasteiger charge is 2.25. The average molecular weight is 261 g/mol. The number of aryl methyl sites for hydroxylation is 1. The molecule has 1 fully saturated rings. The number of aliphatic hydroxyl groups excluding tert-OH is 1. The predicted octanol–water partition coefficient (Wildman–Crippen LogP) is 3.40. The molecule has 0 heterocycles. The maximum atomic E-state index is 10.5. The SMILES string of the molecule is CCc1ccc(C(O)C(C)N(C)CC2CCC2)cc1. The van der Waals surface area contributed by atoms with Gasteiger partial charge in [-0.3, -0.25) is 0 Å². The van der Waals surface area contributed by atoms with E-state index < -0.39 is 6.10 Å². The molecule has 1 N–H and O–H groups in total. The van der Waals surface area contributed by atoms with E-state index in [1.807, 2.05) is 0 Å². The molecule has 0 saturated heterocycles. The Kier molecular flexibility index (Phi) is 5.00. The molecule has 2 unspecified atom stereocenters. The Balaban J connectivity index is 1.93. The molecule has 0 aromatic heterocycles. The summed E-state index contributed by atoms with van der Waals surface area (Å²) in [5, 5.41) is 10.5. The van der Waals surface area contributed by atoms with Gasteiger partial charge in [0.1, 0.15) is 0 Å². The second-order valence-electron chi connectivity index (χ2n) is 6.02. The highest BCUT2D eigenvalue weighted by atomic mass is 16.3. The molecule has 1 saturated carbocycles. The van der Waals surface area contributed by atoms with Crippen LogP contribution in [0.2, 0.25) is 0 Å². The van der Waals surface area contributed by atoms with E-state index in [4.69, 9.17) is 0 Å². The molecule has 1 aromatic carbocycles. The van der Waals surface area contributed by atoms with Crippen LogP contribution in [0.4, 0.5) is 0 Å². The van der Waals surface area contributed by atoms with Crippen molar-refractivity contribution in [2.75, 3.05) is 13.6 Å². The van der Waals surface area contributed by atoms with Gasteiger partial charge in [0, 0.05) is 12.6 Å². The smallest absolute Gasteiger partial charge is 0.0942 e. The summed E-state index contributed by atoms with van der Waals surface area (Å²) in [6, 6.07) is 8.55. The maximum absolute atomic E-state index is 10.5. The largest absolute Gasteiger partial charge is 0.387 e. The number of nitrogens with zero attached hydrogens (tertiary/aromatic N) is 1. The second kappa shape index (κ2) is 6.53. The highest BCUT2D eigenvalue weighted by Crippen LogP contribution is 2.29. The first kappa shape index (κ1) is 14.5. The van der Waals surface area contributed by atoms with Crippen LogP contribution < -0.4 is 0 Å². The van der Waals surface area contributed by atoms with E-state index in [9.17, 15) is 5.11 Å². The van der Waals surface area contributed by atoms with Gasteiger partial charge in [-0.1, -0.05) is 37.6 Å². The van der Waals surface area contributed by atoms with Gasteiger partial charge in [0.05, 0.1) is 6.10 Å². The van der Waals surface area contributed by atoms with Crippen molar-refractivity contribution in [1.82, 2.24) is 4.90 Å². The van der Waals surface area contributed by atoms with Crippen LogP contribution >= 0.6 is 0 Å². The zero-order valence-corrected chi connectivity index (χ0v) is 12.5. The summed E-state index contributed by atoms with van der Waals surface area (Å²) in [6.45, 7) is 5.39. The number of hydrogen-bond acceptors (Lipinski definition) is 2. The quantitative estimate of drug-likeness (QED) is 0.848. The third kappa shape index (κ3) is 3.58. The predicted molar refractivity (Wildman–Crippen MR) is 80.2 cm³/mol. The first-order valence-electron chi connectivity index (χ1n) is 7.59. The Labute approximate surface area is 117 Å². The van der Waals surface area contributed by atoms with Gasteiger partial charge in [0.25, 0.3) is 0 Å². The number of aliphatic hydroxyl groups is 1. The molecule has 0 aliphatic heterocycles. The molecule has 1 aliphatic carbocycles. The van der Waals surface area contributed by atoms with Crippen molar-refractivity contribution in [2.24, 2.45) is 5.92 Å². The Morgan fingerprint density at radius 1 is 1.26 bits per heavy atom. The second-order valence-corrected chi connectivity index (χ2v) is 6.02. The highest BCUT2D eigenvalue weighted by molar-refractivity contribution is 5.24. The minimum atomic E-state index is -0.393. The maximum Gasteiger partial charge on any atom is 0.0942 e. The van der Waals surface area contributed by atoms with Crippen molar-refractivity contribution in [2.45, 2.75) is 51.7 Å². The van der Waals surface area contributed by atoms with Gasteiger partial charge in [-0.15, -0.1) is 0 Å². The lowest BCUT2D eigenvalue weighted by Gasteiger charge is -2.35. The van der Waals surface area contributed by atoms with E-state index in [0.717, 1.165) is 24.4 Å². The molecule has 1 aromatic rings. The van der Waals surface area contributed by atoms with Crippen molar-refractivity contribution in [3.05, 3.63) is 35.4 Å². The fraction of sp³-hybridized carbons (Fsp3) is 0.647. The fourth-order valence-electron chi connectivity index (χ4n) is 2.72. The minimum absolute atomic E-state index is 0.174. The van der Waals surface area contributed by atoms with Crippen molar-refractivity contribution in [3.8, 4) is 0 Å². The lowest BCUT2D eigenvalue weighted by Crippen LogP contribution is -2.39. The first-order chi connectivity index (χ1) is 9.11. The monoisotopic (exact) mass is 261 g/mol. The van der Waals surface area contributed by atoms with Crippen molar-refractivity contribution >= 4 is 0 Å². The normalized spacial score (nSPS) is 19.2. The lowest BCUT2D eigenvalue weighted by molar-refractivity contribution is 0.0555. The Morgan fingerprint density at radius 3 is 2.37 bits per heavy atom. The fourth-order valence-corrected chi connectivity index (χ4v) is 2.72. The van der Waals surface area contributed by atoms with Crippen LogP contribution in [0.3, 0.4) is 0 Å². The van der Waals surface area contributed by atoms with Crippen LogP contribution in [0.5, 0.6) is 0 Å². The standard InChI is InChI=1S/C17H27NO/c1-4-14-8-10-16(11-9-14)17(19)13(2)18(3)12-15-6-5-7-15/h8-11,13,15,17,19H,4-7,12H2,1-3H3. The van der Waals surface area contributed by atoms with Gasteiger partial charge < -0.3 is 10.0 Å². The van der Waals surface area contributed by atoms with Crippen molar-refractivity contribution in [1.29, 1.82) is 0 Å². The molecule has 2 rings (SSSR count). The van der Waals surface area contributed by atoms with E-state index in [2.05, 4.69) is 50.1 Å². The summed E-state index contributed by atoms with van der Waals surface area (Å²) in [5.41, 5.74) is 2.36. The summed E-state index contributed by atoms with van der Waals surface area (Å²) < 4.78 is 0. The molecule has 0 bridgehead atoms. The molecule has 0 radical (unpaired) electrons. The van der Waals surface area contributed by atoms with Gasteiger partial charge in [-0.2, -0.15) is 0 Å². The molecule has 2 nitrogen and oxygen atoms in total. The Morgan fingerprint density at radius 2 is 1.89 bits per heavy atom. The topological polar surface area (TPSA) is 23.5 Å². The Bertz CT molecular complexity index is 383. The van der Waals surface area contributed by atoms with Crippen LogP contribution in [-0.2, 0) is 6.42 Å². The number of hydrogen-bond donors (Lipinski definition) is 1. The summed E-state index contributed by atoms with van der Waals surface area (Å²) in [4.78, 5) is 2.31. The minimum Gasteiger partial charge on any atom is -0.387 e. The molecule has 2 heteroatoms. The van der Waals surface area contributed by atoms with E-state index in [-0.39, 0.29) is 6.04 Å². The number of rotatable bonds is 6. The molecule has 2 atom stereocenters. The number of likely N-dealkylation sites (N-methyl/N-ethyl adjacent to an activating group) is 1. The van der Waals surface area contributed by atoms with Crippen LogP contribution in [0.25, 0.3) is 0 Å². The van der Waals surface area contributed by atoms with Gasteiger partial charge in [-0.05, 0) is 50.3 Å². The summed E-state index contributed by atoms with van der Waals surface area (Å²) in [7, 11) is 2.13. The van der Waals surface area contributed by atoms with E-state index in [1.54, 1.807) is 0 Å². The third-order valence-electron chi connectivity index (χ3n) is 4.65. The van der Waals surface area contributed by atoms with Gasteiger partial charge in [-0.25, -0.2) is 0 Å². The van der Waals surface area contributed by atoms with Crippen LogP contribution in [0, 0.1) is 5.92 Å². The summed E-state index contributed by atoms with van der Waals surface area (Å²) in [6.07, 6.45) is 4.76. The van der Waals surface area contributed by atoms with Crippen LogP contribution in [-0.4, -0.2) is 29.6 Å². The lowest BCUT2D eigenvalue weighted by atomic mass is 9.84. The first-order valence-corrected chi connectivity index (χ1v) is 7.59. The molecule has 106 valence electrons. The number of benzene rings is 1. The molecule has 19 heavy (non-hydrogen) atoms. The molecule has 1 aliphatic rings.